The van der Waals surface area contributed by atoms with Gasteiger partial charge in [0.25, 0.3) is 0 Å². The summed E-state index contributed by atoms with van der Waals surface area (Å²) in [6.45, 7) is 5.98. The highest BCUT2D eigenvalue weighted by molar-refractivity contribution is 6.31. The molecule has 0 radical (unpaired) electrons. The number of carbonyl (C=O) groups is 2. The number of hydrogen-bond acceptors (Lipinski definition) is 3. The van der Waals surface area contributed by atoms with Crippen molar-refractivity contribution < 1.29 is 9.59 Å². The quantitative estimate of drug-likeness (QED) is 0.886. The van der Waals surface area contributed by atoms with Crippen LogP contribution in [0.25, 0.3) is 0 Å². The Kier molecular flexibility index (Phi) is 3.77. The van der Waals surface area contributed by atoms with Crippen LogP contribution in [0.5, 0.6) is 0 Å². The van der Waals surface area contributed by atoms with Gasteiger partial charge < -0.3 is 10.2 Å². The largest absolute Gasteiger partial charge is 0.342 e. The number of aryl methyl sites for hydroxylation is 2. The molecule has 1 aromatic heterocycles. The average Bonchev–Trinajstić information content (AvgIpc) is 2.52. The Labute approximate surface area is 123 Å². The summed E-state index contributed by atoms with van der Waals surface area (Å²) in [7, 11) is 1.80. The van der Waals surface area contributed by atoms with Gasteiger partial charge in [-0.05, 0) is 20.8 Å². The van der Waals surface area contributed by atoms with E-state index < -0.39 is 5.54 Å². The summed E-state index contributed by atoms with van der Waals surface area (Å²) in [5.74, 6) is -0.226. The molecular formula is C13H19ClN4O2. The number of hydrogen-bond donors (Lipinski definition) is 1. The molecule has 2 rings (SSSR count). The van der Waals surface area contributed by atoms with E-state index in [0.717, 1.165) is 11.4 Å². The second kappa shape index (κ2) is 5.09. The van der Waals surface area contributed by atoms with Gasteiger partial charge in [0.1, 0.15) is 5.54 Å². The number of halogens is 1. The van der Waals surface area contributed by atoms with Crippen LogP contribution in [-0.2, 0) is 23.2 Å². The lowest BCUT2D eigenvalue weighted by atomic mass is 10.0. The maximum Gasteiger partial charge on any atom is 0.248 e. The molecule has 1 aliphatic heterocycles. The smallest absolute Gasteiger partial charge is 0.248 e. The van der Waals surface area contributed by atoms with Gasteiger partial charge in [0.05, 0.1) is 23.0 Å². The Bertz CT molecular complexity index is 565. The zero-order chi connectivity index (χ0) is 15.1. The molecule has 0 aliphatic carbocycles. The fraction of sp³-hybridized carbons (Fsp3) is 0.615. The lowest BCUT2D eigenvalue weighted by molar-refractivity contribution is -0.137. The second-order valence-corrected chi connectivity index (χ2v) is 6.00. The minimum atomic E-state index is -0.895. The first-order valence-electron chi connectivity index (χ1n) is 6.50. The maximum absolute atomic E-state index is 12.5. The van der Waals surface area contributed by atoms with E-state index in [-0.39, 0.29) is 11.8 Å². The summed E-state index contributed by atoms with van der Waals surface area (Å²) in [5, 5.41) is 7.54. The molecule has 1 aromatic rings. The number of carbonyl (C=O) groups excluding carboxylic acids is 2. The Morgan fingerprint density at radius 2 is 2.05 bits per heavy atom. The summed E-state index contributed by atoms with van der Waals surface area (Å²) >= 11 is 6.22. The standard InChI is InChI=1S/C13H19ClN4O2/c1-8-11(14)9(17(4)16-8)7-18-6-5-10(19)15-13(2,3)12(18)20/h5-7H2,1-4H3,(H,15,19). The highest BCUT2D eigenvalue weighted by Crippen LogP contribution is 2.23. The van der Waals surface area contributed by atoms with Crippen molar-refractivity contribution in [2.75, 3.05) is 6.54 Å². The van der Waals surface area contributed by atoms with Crippen LogP contribution in [0.15, 0.2) is 0 Å². The second-order valence-electron chi connectivity index (χ2n) is 5.62. The van der Waals surface area contributed by atoms with Crippen molar-refractivity contribution in [1.29, 1.82) is 0 Å². The molecule has 2 amide bonds. The lowest BCUT2D eigenvalue weighted by Gasteiger charge is -2.28. The van der Waals surface area contributed by atoms with E-state index in [1.165, 1.54) is 0 Å². The molecule has 0 atom stereocenters. The third-order valence-corrected chi connectivity index (χ3v) is 3.98. The van der Waals surface area contributed by atoms with Gasteiger partial charge in [-0.1, -0.05) is 11.6 Å². The third kappa shape index (κ3) is 2.65. The minimum absolute atomic E-state index is 0.113. The van der Waals surface area contributed by atoms with E-state index in [0.29, 0.717) is 24.5 Å². The molecule has 0 spiro atoms. The molecule has 1 aliphatic rings. The van der Waals surface area contributed by atoms with Gasteiger partial charge in [-0.25, -0.2) is 0 Å². The van der Waals surface area contributed by atoms with Crippen LogP contribution in [0.4, 0.5) is 0 Å². The van der Waals surface area contributed by atoms with E-state index in [4.69, 9.17) is 11.6 Å². The van der Waals surface area contributed by atoms with Gasteiger partial charge in [-0.2, -0.15) is 5.10 Å². The number of rotatable bonds is 2. The van der Waals surface area contributed by atoms with Gasteiger partial charge >= 0.3 is 0 Å². The molecule has 2 heterocycles. The zero-order valence-corrected chi connectivity index (χ0v) is 12.9. The van der Waals surface area contributed by atoms with E-state index in [1.54, 1.807) is 30.5 Å². The van der Waals surface area contributed by atoms with Crippen molar-refractivity contribution in [2.24, 2.45) is 7.05 Å². The zero-order valence-electron chi connectivity index (χ0n) is 12.2. The summed E-state index contributed by atoms with van der Waals surface area (Å²) in [5.41, 5.74) is 0.621. The summed E-state index contributed by atoms with van der Waals surface area (Å²) < 4.78 is 1.68. The Morgan fingerprint density at radius 1 is 1.40 bits per heavy atom. The van der Waals surface area contributed by atoms with E-state index in [9.17, 15) is 9.59 Å². The number of amides is 2. The molecule has 6 nitrogen and oxygen atoms in total. The van der Waals surface area contributed by atoms with Gasteiger partial charge in [0.15, 0.2) is 0 Å². The number of nitrogens with one attached hydrogen (secondary N) is 1. The average molecular weight is 299 g/mol. The topological polar surface area (TPSA) is 67.2 Å². The summed E-state index contributed by atoms with van der Waals surface area (Å²) in [6, 6.07) is 0. The van der Waals surface area contributed by atoms with Crippen LogP contribution in [-0.4, -0.2) is 38.6 Å². The molecule has 0 bridgehead atoms. The normalized spacial score (nSPS) is 18.9. The van der Waals surface area contributed by atoms with Crippen molar-refractivity contribution in [3.05, 3.63) is 16.4 Å². The molecule has 0 saturated carbocycles. The predicted molar refractivity (Wildman–Crippen MR) is 75.2 cm³/mol. The summed E-state index contributed by atoms with van der Waals surface area (Å²) in [6.07, 6.45) is 0.295. The molecule has 1 fully saturated rings. The van der Waals surface area contributed by atoms with Crippen molar-refractivity contribution in [2.45, 2.75) is 39.3 Å². The van der Waals surface area contributed by atoms with Gasteiger partial charge in [-0.3, -0.25) is 14.3 Å². The van der Waals surface area contributed by atoms with Crippen LogP contribution in [0, 0.1) is 6.92 Å². The third-order valence-electron chi connectivity index (χ3n) is 3.48. The van der Waals surface area contributed by atoms with E-state index >= 15 is 0 Å². The van der Waals surface area contributed by atoms with Crippen LogP contribution in [0.2, 0.25) is 5.02 Å². The molecule has 1 N–H and O–H groups in total. The number of nitrogens with zero attached hydrogens (tertiary/aromatic N) is 3. The highest BCUT2D eigenvalue weighted by atomic mass is 35.5. The number of aromatic nitrogens is 2. The molecule has 110 valence electrons. The monoisotopic (exact) mass is 298 g/mol. The lowest BCUT2D eigenvalue weighted by Crippen LogP contribution is -2.52. The van der Waals surface area contributed by atoms with Crippen LogP contribution in [0.1, 0.15) is 31.7 Å². The van der Waals surface area contributed by atoms with E-state index in [1.807, 2.05) is 6.92 Å². The fourth-order valence-corrected chi connectivity index (χ4v) is 2.60. The fourth-order valence-electron chi connectivity index (χ4n) is 2.38. The van der Waals surface area contributed by atoms with Crippen LogP contribution in [0.3, 0.4) is 0 Å². The predicted octanol–water partition coefficient (Wildman–Crippen LogP) is 1.01. The maximum atomic E-state index is 12.5. The molecule has 7 heteroatoms. The van der Waals surface area contributed by atoms with Crippen LogP contribution < -0.4 is 5.32 Å². The molecule has 0 aromatic carbocycles. The summed E-state index contributed by atoms with van der Waals surface area (Å²) in [4.78, 5) is 25.8. The van der Waals surface area contributed by atoms with Crippen LogP contribution >= 0.6 is 11.6 Å². The van der Waals surface area contributed by atoms with E-state index in [2.05, 4.69) is 10.4 Å². The molecule has 1 saturated heterocycles. The van der Waals surface area contributed by atoms with Crippen molar-refractivity contribution in [3.63, 3.8) is 0 Å². The van der Waals surface area contributed by atoms with Gasteiger partial charge in [0.2, 0.25) is 11.8 Å². The first-order chi connectivity index (χ1) is 9.22. The highest BCUT2D eigenvalue weighted by Gasteiger charge is 2.37. The Morgan fingerprint density at radius 3 is 2.60 bits per heavy atom. The minimum Gasteiger partial charge on any atom is -0.342 e. The first-order valence-corrected chi connectivity index (χ1v) is 6.88. The van der Waals surface area contributed by atoms with Gasteiger partial charge in [-0.15, -0.1) is 0 Å². The Balaban J connectivity index is 2.28. The van der Waals surface area contributed by atoms with Crippen molar-refractivity contribution in [3.8, 4) is 0 Å². The molecule has 0 unspecified atom stereocenters. The van der Waals surface area contributed by atoms with Crippen molar-refractivity contribution in [1.82, 2.24) is 20.0 Å². The first kappa shape index (κ1) is 14.8. The SMILES string of the molecule is Cc1nn(C)c(CN2CCC(=O)NC(C)(C)C2=O)c1Cl. The molecular weight excluding hydrogens is 280 g/mol. The van der Waals surface area contributed by atoms with Crippen molar-refractivity contribution >= 4 is 23.4 Å². The van der Waals surface area contributed by atoms with Gasteiger partial charge in [0, 0.05) is 20.0 Å². The Hall–Kier alpha value is -1.56. The molecule has 20 heavy (non-hydrogen) atoms.